The first-order valence-corrected chi connectivity index (χ1v) is 7.56. The van der Waals surface area contributed by atoms with Gasteiger partial charge in [-0.1, -0.05) is 32.6 Å². The second-order valence-corrected chi connectivity index (χ2v) is 5.87. The van der Waals surface area contributed by atoms with Crippen LogP contribution in [0, 0.1) is 5.92 Å². The number of hydrogen-bond donors (Lipinski definition) is 1. The minimum Gasteiger partial charge on any atom is -0.315 e. The van der Waals surface area contributed by atoms with Crippen LogP contribution in [0.5, 0.6) is 0 Å². The molecular weight excluding hydrogens is 208 g/mol. The molecule has 1 rings (SSSR count). The molecule has 0 heterocycles. The van der Waals surface area contributed by atoms with Crippen molar-refractivity contribution in [3.05, 3.63) is 0 Å². The van der Waals surface area contributed by atoms with Gasteiger partial charge in [-0.2, -0.15) is 0 Å². The van der Waals surface area contributed by atoms with E-state index in [0.29, 0.717) is 6.04 Å². The first kappa shape index (κ1) is 15.0. The van der Waals surface area contributed by atoms with E-state index in [9.17, 15) is 0 Å². The van der Waals surface area contributed by atoms with Gasteiger partial charge in [0.2, 0.25) is 0 Å². The third kappa shape index (κ3) is 4.97. The first-order valence-electron chi connectivity index (χ1n) is 7.56. The molecule has 2 nitrogen and oxygen atoms in total. The van der Waals surface area contributed by atoms with Crippen LogP contribution < -0.4 is 5.32 Å². The molecule has 0 spiro atoms. The summed E-state index contributed by atoms with van der Waals surface area (Å²) < 4.78 is 0. The lowest BCUT2D eigenvalue weighted by molar-refractivity contribution is 0.175. The number of nitrogens with zero attached hydrogens (tertiary/aromatic N) is 1. The molecule has 1 N–H and O–H groups in total. The Morgan fingerprint density at radius 1 is 1.24 bits per heavy atom. The summed E-state index contributed by atoms with van der Waals surface area (Å²) in [5, 5.41) is 3.56. The number of nitrogens with one attached hydrogen (secondary N) is 1. The monoisotopic (exact) mass is 240 g/mol. The molecule has 0 aromatic heterocycles. The van der Waals surface area contributed by atoms with Crippen molar-refractivity contribution in [1.82, 2.24) is 10.2 Å². The maximum Gasteiger partial charge on any atom is 0.0220 e. The molecule has 0 saturated heterocycles. The first-order chi connectivity index (χ1) is 8.19. The summed E-state index contributed by atoms with van der Waals surface area (Å²) in [5.74, 6) is 0.907. The van der Waals surface area contributed by atoms with Crippen LogP contribution in [0.15, 0.2) is 0 Å². The summed E-state index contributed by atoms with van der Waals surface area (Å²) in [6.07, 6.45) is 9.81. The maximum atomic E-state index is 3.56. The molecule has 2 unspecified atom stereocenters. The van der Waals surface area contributed by atoms with Gasteiger partial charge < -0.3 is 10.2 Å². The van der Waals surface area contributed by atoms with Gasteiger partial charge in [-0.25, -0.2) is 0 Å². The van der Waals surface area contributed by atoms with Crippen LogP contribution in [0.25, 0.3) is 0 Å². The zero-order chi connectivity index (χ0) is 12.7. The van der Waals surface area contributed by atoms with Crippen molar-refractivity contribution in [2.24, 2.45) is 5.92 Å². The van der Waals surface area contributed by atoms with Gasteiger partial charge in [-0.15, -0.1) is 0 Å². The highest BCUT2D eigenvalue weighted by atomic mass is 15.1. The van der Waals surface area contributed by atoms with Gasteiger partial charge in [0.15, 0.2) is 0 Å². The van der Waals surface area contributed by atoms with Gasteiger partial charge in [0.25, 0.3) is 0 Å². The fourth-order valence-electron chi connectivity index (χ4n) is 3.14. The number of likely N-dealkylation sites (N-methyl/N-ethyl adjacent to an activating group) is 2. The van der Waals surface area contributed by atoms with E-state index < -0.39 is 0 Å². The van der Waals surface area contributed by atoms with Crippen molar-refractivity contribution < 1.29 is 0 Å². The van der Waals surface area contributed by atoms with E-state index in [0.717, 1.165) is 12.0 Å². The third-order valence-electron chi connectivity index (χ3n) is 4.53. The highest BCUT2D eigenvalue weighted by Gasteiger charge is 2.24. The van der Waals surface area contributed by atoms with Gasteiger partial charge in [-0.3, -0.25) is 0 Å². The Balaban J connectivity index is 2.39. The zero-order valence-corrected chi connectivity index (χ0v) is 12.3. The summed E-state index contributed by atoms with van der Waals surface area (Å²) >= 11 is 0. The Morgan fingerprint density at radius 3 is 2.41 bits per heavy atom. The quantitative estimate of drug-likeness (QED) is 0.735. The fourth-order valence-corrected chi connectivity index (χ4v) is 3.14. The smallest absolute Gasteiger partial charge is 0.0220 e. The lowest BCUT2D eigenvalue weighted by Gasteiger charge is -2.35. The fraction of sp³-hybridized carbons (Fsp3) is 1.00. The summed E-state index contributed by atoms with van der Waals surface area (Å²) in [6, 6.07) is 1.42. The Morgan fingerprint density at radius 2 is 1.88 bits per heavy atom. The van der Waals surface area contributed by atoms with E-state index >= 15 is 0 Å². The predicted molar refractivity (Wildman–Crippen MR) is 76.4 cm³/mol. The molecule has 0 amide bonds. The molecule has 102 valence electrons. The second-order valence-electron chi connectivity index (χ2n) is 5.87. The van der Waals surface area contributed by atoms with Crippen LogP contribution in [0.1, 0.15) is 58.8 Å². The summed E-state index contributed by atoms with van der Waals surface area (Å²) in [6.45, 7) is 5.85. The van der Waals surface area contributed by atoms with Gasteiger partial charge >= 0.3 is 0 Å². The predicted octanol–water partition coefficient (Wildman–Crippen LogP) is 3.28. The van der Waals surface area contributed by atoms with Crippen molar-refractivity contribution >= 4 is 0 Å². The van der Waals surface area contributed by atoms with E-state index in [1.54, 1.807) is 0 Å². The van der Waals surface area contributed by atoms with Crippen molar-refractivity contribution in [3.63, 3.8) is 0 Å². The Hall–Kier alpha value is -0.0800. The van der Waals surface area contributed by atoms with E-state index in [4.69, 9.17) is 0 Å². The SMILES string of the molecule is CCCC(C)N(C)CC(NC)C1CCCCC1. The summed E-state index contributed by atoms with van der Waals surface area (Å²) in [7, 11) is 4.42. The van der Waals surface area contributed by atoms with Crippen LogP contribution in [0.3, 0.4) is 0 Å². The molecule has 1 aliphatic rings. The van der Waals surface area contributed by atoms with Crippen LogP contribution in [0.2, 0.25) is 0 Å². The third-order valence-corrected chi connectivity index (χ3v) is 4.53. The molecule has 17 heavy (non-hydrogen) atoms. The average molecular weight is 240 g/mol. The molecule has 1 saturated carbocycles. The molecule has 1 aliphatic carbocycles. The van der Waals surface area contributed by atoms with Crippen LogP contribution in [-0.2, 0) is 0 Å². The van der Waals surface area contributed by atoms with Crippen molar-refractivity contribution in [2.75, 3.05) is 20.6 Å². The van der Waals surface area contributed by atoms with Crippen molar-refractivity contribution in [1.29, 1.82) is 0 Å². The normalized spacial score (nSPS) is 21.7. The summed E-state index contributed by atoms with van der Waals surface area (Å²) in [5.41, 5.74) is 0. The van der Waals surface area contributed by atoms with E-state index in [1.165, 1.54) is 51.5 Å². The van der Waals surface area contributed by atoms with Crippen molar-refractivity contribution in [2.45, 2.75) is 70.9 Å². The molecule has 2 atom stereocenters. The highest BCUT2D eigenvalue weighted by molar-refractivity contribution is 4.81. The standard InChI is InChI=1S/C15H32N2/c1-5-9-13(2)17(4)12-15(16-3)14-10-7-6-8-11-14/h13-16H,5-12H2,1-4H3. The topological polar surface area (TPSA) is 15.3 Å². The second kappa shape index (κ2) is 8.10. The van der Waals surface area contributed by atoms with Crippen molar-refractivity contribution in [3.8, 4) is 0 Å². The molecule has 0 aliphatic heterocycles. The van der Waals surface area contributed by atoms with Crippen LogP contribution in [-0.4, -0.2) is 37.6 Å². The number of hydrogen-bond acceptors (Lipinski definition) is 2. The Kier molecular flexibility index (Phi) is 7.14. The largest absolute Gasteiger partial charge is 0.315 e. The molecule has 0 aromatic rings. The lowest BCUT2D eigenvalue weighted by atomic mass is 9.83. The molecule has 0 aromatic carbocycles. The van der Waals surface area contributed by atoms with E-state index in [1.807, 2.05) is 0 Å². The molecule has 2 heteroatoms. The summed E-state index contributed by atoms with van der Waals surface area (Å²) in [4.78, 5) is 2.54. The van der Waals surface area contributed by atoms with Gasteiger partial charge in [0, 0.05) is 18.6 Å². The Bertz CT molecular complexity index is 187. The minimum atomic E-state index is 0.694. The lowest BCUT2D eigenvalue weighted by Crippen LogP contribution is -2.46. The van der Waals surface area contributed by atoms with Gasteiger partial charge in [0.1, 0.15) is 0 Å². The zero-order valence-electron chi connectivity index (χ0n) is 12.3. The maximum absolute atomic E-state index is 3.56. The highest BCUT2D eigenvalue weighted by Crippen LogP contribution is 2.27. The minimum absolute atomic E-state index is 0.694. The number of rotatable bonds is 7. The van der Waals surface area contributed by atoms with E-state index in [-0.39, 0.29) is 0 Å². The van der Waals surface area contributed by atoms with Gasteiger partial charge in [-0.05, 0) is 46.2 Å². The molecule has 0 radical (unpaired) electrons. The Labute approximate surface area is 108 Å². The van der Waals surface area contributed by atoms with Gasteiger partial charge in [0.05, 0.1) is 0 Å². The molecular formula is C15H32N2. The average Bonchev–Trinajstić information content (AvgIpc) is 2.37. The molecule has 1 fully saturated rings. The van der Waals surface area contributed by atoms with Crippen LogP contribution in [0.4, 0.5) is 0 Å². The van der Waals surface area contributed by atoms with Crippen LogP contribution >= 0.6 is 0 Å². The molecule has 0 bridgehead atoms. The van der Waals surface area contributed by atoms with E-state index in [2.05, 4.69) is 38.2 Å².